The van der Waals surface area contributed by atoms with E-state index in [1.165, 1.54) is 0 Å². The van der Waals surface area contributed by atoms with Crippen molar-refractivity contribution in [2.24, 2.45) is 0 Å². The number of rotatable bonds is 0. The molecule has 0 saturated heterocycles. The summed E-state index contributed by atoms with van der Waals surface area (Å²) in [5.41, 5.74) is 0. The van der Waals surface area contributed by atoms with Crippen molar-refractivity contribution in [2.75, 3.05) is 0 Å². The Morgan fingerprint density at radius 1 is 1.50 bits per heavy atom. The summed E-state index contributed by atoms with van der Waals surface area (Å²) in [6.07, 6.45) is 0. The minimum absolute atomic E-state index is 0. The van der Waals surface area contributed by atoms with Gasteiger partial charge in [0.1, 0.15) is 11.6 Å². The van der Waals surface area contributed by atoms with Gasteiger partial charge in [0, 0.05) is 0 Å². The molecule has 0 spiro atoms. The topological polar surface area (TPSA) is 41.6 Å². The van der Waals surface area contributed by atoms with Gasteiger partial charge in [0.2, 0.25) is 0 Å². The van der Waals surface area contributed by atoms with E-state index < -0.39 is 0 Å². The van der Waals surface area contributed by atoms with E-state index in [-0.39, 0.29) is 31.0 Å². The van der Waals surface area contributed by atoms with Crippen LogP contribution in [0, 0.1) is 13.8 Å². The molecule has 0 unspecified atom stereocenters. The first kappa shape index (κ1) is 8.14. The average molecular weight is 121 g/mol. The molecule has 0 atom stereocenters. The first-order valence-corrected chi connectivity index (χ1v) is 2.14. The molecular formula is C4H8N3Na. The van der Waals surface area contributed by atoms with Gasteiger partial charge in [-0.2, -0.15) is 5.10 Å². The normalized spacial score (nSPS) is 8.25. The van der Waals surface area contributed by atoms with Crippen molar-refractivity contribution >= 4 is 0 Å². The quantitative estimate of drug-likeness (QED) is 0.387. The molecule has 0 aliphatic carbocycles. The number of H-pyrrole nitrogens is 1. The number of nitrogens with one attached hydrogen (secondary N) is 1. The van der Waals surface area contributed by atoms with E-state index in [1.807, 2.05) is 13.8 Å². The molecule has 4 heteroatoms. The van der Waals surface area contributed by atoms with E-state index in [2.05, 4.69) is 15.2 Å². The van der Waals surface area contributed by atoms with Crippen LogP contribution in [0.3, 0.4) is 0 Å². The first-order valence-electron chi connectivity index (χ1n) is 2.14. The molecule has 0 saturated carbocycles. The molecule has 1 aromatic heterocycles. The monoisotopic (exact) mass is 121 g/mol. The Morgan fingerprint density at radius 3 is 2.25 bits per heavy atom. The van der Waals surface area contributed by atoms with Crippen LogP contribution in [-0.2, 0) is 0 Å². The van der Waals surface area contributed by atoms with Crippen LogP contribution in [0.2, 0.25) is 0 Å². The molecule has 8 heavy (non-hydrogen) atoms. The predicted octanol–water partition coefficient (Wildman–Crippen LogP) is -2.46. The molecule has 0 amide bonds. The second kappa shape index (κ2) is 3.22. The summed E-state index contributed by atoms with van der Waals surface area (Å²) in [6.45, 7) is 3.73. The van der Waals surface area contributed by atoms with Gasteiger partial charge in [0.05, 0.1) is 0 Å². The molecule has 1 N–H and O–H groups in total. The number of nitrogens with zero attached hydrogens (tertiary/aromatic N) is 2. The second-order valence-electron chi connectivity index (χ2n) is 1.47. The van der Waals surface area contributed by atoms with E-state index in [9.17, 15) is 0 Å². The molecular weight excluding hydrogens is 113 g/mol. The van der Waals surface area contributed by atoms with E-state index >= 15 is 0 Å². The number of hydrogen-bond donors (Lipinski definition) is 1. The third kappa shape index (κ3) is 1.94. The molecule has 0 aliphatic heterocycles. The zero-order valence-electron chi connectivity index (χ0n) is 6.39. The minimum atomic E-state index is 0. The van der Waals surface area contributed by atoms with Gasteiger partial charge < -0.3 is 1.43 Å². The fourth-order valence-corrected chi connectivity index (χ4v) is 0.455. The largest absolute Gasteiger partial charge is 1.00 e. The van der Waals surface area contributed by atoms with Crippen molar-refractivity contribution in [3.05, 3.63) is 11.6 Å². The standard InChI is InChI=1S/C4H7N3.Na.H/c1-3-5-4(2)7-6-3;;/h1-2H3,(H,5,6,7);;/q;+1;-1. The van der Waals surface area contributed by atoms with Gasteiger partial charge in [-0.3, -0.25) is 5.10 Å². The Hall–Kier alpha value is 0.140. The minimum Gasteiger partial charge on any atom is -1.00 e. The molecule has 0 fully saturated rings. The summed E-state index contributed by atoms with van der Waals surface area (Å²) >= 11 is 0. The van der Waals surface area contributed by atoms with Crippen LogP contribution in [0.25, 0.3) is 0 Å². The van der Waals surface area contributed by atoms with E-state index in [4.69, 9.17) is 0 Å². The maximum atomic E-state index is 3.94. The number of aromatic nitrogens is 3. The maximum absolute atomic E-state index is 3.94. The van der Waals surface area contributed by atoms with Gasteiger partial charge in [-0.25, -0.2) is 4.98 Å². The fourth-order valence-electron chi connectivity index (χ4n) is 0.455. The average Bonchev–Trinajstić information content (AvgIpc) is 1.87. The van der Waals surface area contributed by atoms with Crippen molar-refractivity contribution < 1.29 is 31.0 Å². The Labute approximate surface area is 71.7 Å². The smallest absolute Gasteiger partial charge is 1.00 e. The van der Waals surface area contributed by atoms with Gasteiger partial charge in [-0.1, -0.05) is 0 Å². The van der Waals surface area contributed by atoms with Gasteiger partial charge in [0.25, 0.3) is 0 Å². The van der Waals surface area contributed by atoms with Gasteiger partial charge in [-0.15, -0.1) is 0 Å². The molecule has 3 nitrogen and oxygen atoms in total. The van der Waals surface area contributed by atoms with Crippen LogP contribution in [-0.4, -0.2) is 15.2 Å². The predicted molar refractivity (Wildman–Crippen MR) is 27.0 cm³/mol. The third-order valence-corrected chi connectivity index (χ3v) is 0.709. The summed E-state index contributed by atoms with van der Waals surface area (Å²) in [6, 6.07) is 0. The summed E-state index contributed by atoms with van der Waals surface area (Å²) in [5, 5.41) is 6.49. The van der Waals surface area contributed by atoms with Gasteiger partial charge in [0.15, 0.2) is 0 Å². The molecule has 1 heterocycles. The Kier molecular flexibility index (Phi) is 3.28. The Bertz CT molecular complexity index is 148. The molecule has 1 aromatic rings. The summed E-state index contributed by atoms with van der Waals surface area (Å²) in [4.78, 5) is 3.94. The first-order chi connectivity index (χ1) is 3.29. The van der Waals surface area contributed by atoms with Crippen molar-refractivity contribution in [2.45, 2.75) is 13.8 Å². The summed E-state index contributed by atoms with van der Waals surface area (Å²) < 4.78 is 0. The van der Waals surface area contributed by atoms with Gasteiger partial charge in [-0.05, 0) is 13.8 Å². The van der Waals surface area contributed by atoms with E-state index in [1.54, 1.807) is 0 Å². The molecule has 0 bridgehead atoms. The van der Waals surface area contributed by atoms with E-state index in [0.29, 0.717) is 0 Å². The Morgan fingerprint density at radius 2 is 2.12 bits per heavy atom. The van der Waals surface area contributed by atoms with E-state index in [0.717, 1.165) is 11.6 Å². The molecule has 0 radical (unpaired) electrons. The van der Waals surface area contributed by atoms with Crippen LogP contribution in [0.4, 0.5) is 0 Å². The number of aryl methyl sites for hydroxylation is 2. The number of hydrogen-bond acceptors (Lipinski definition) is 2. The molecule has 0 aliphatic rings. The zero-order chi connectivity index (χ0) is 5.28. The van der Waals surface area contributed by atoms with Crippen LogP contribution in [0.15, 0.2) is 0 Å². The van der Waals surface area contributed by atoms with Crippen LogP contribution < -0.4 is 29.6 Å². The van der Waals surface area contributed by atoms with Crippen molar-refractivity contribution in [3.63, 3.8) is 0 Å². The zero-order valence-corrected chi connectivity index (χ0v) is 7.39. The number of aromatic amines is 1. The van der Waals surface area contributed by atoms with Crippen molar-refractivity contribution in [1.82, 2.24) is 15.2 Å². The SMILES string of the molecule is Cc1n[nH]c(C)n1.[H-].[Na+]. The molecule has 0 aromatic carbocycles. The third-order valence-electron chi connectivity index (χ3n) is 0.709. The van der Waals surface area contributed by atoms with Crippen molar-refractivity contribution in [3.8, 4) is 0 Å². The summed E-state index contributed by atoms with van der Waals surface area (Å²) in [5.74, 6) is 1.68. The molecule has 40 valence electrons. The maximum Gasteiger partial charge on any atom is 1.00 e. The van der Waals surface area contributed by atoms with Crippen LogP contribution >= 0.6 is 0 Å². The van der Waals surface area contributed by atoms with Gasteiger partial charge >= 0.3 is 29.6 Å². The second-order valence-corrected chi connectivity index (χ2v) is 1.47. The summed E-state index contributed by atoms with van der Waals surface area (Å²) in [7, 11) is 0. The Balaban J connectivity index is 0. The van der Waals surface area contributed by atoms with Crippen LogP contribution in [0.5, 0.6) is 0 Å². The van der Waals surface area contributed by atoms with Crippen molar-refractivity contribution in [1.29, 1.82) is 0 Å². The van der Waals surface area contributed by atoms with Crippen LogP contribution in [0.1, 0.15) is 13.1 Å². The fraction of sp³-hybridized carbons (Fsp3) is 0.500. The molecule has 1 rings (SSSR count).